The number of pyridine rings is 1. The van der Waals surface area contributed by atoms with Crippen molar-refractivity contribution < 1.29 is 13.5 Å². The molecule has 0 aliphatic rings. The highest BCUT2D eigenvalue weighted by Gasteiger charge is 2.17. The van der Waals surface area contributed by atoms with Crippen LogP contribution in [0.5, 0.6) is 5.88 Å². The van der Waals surface area contributed by atoms with Crippen molar-refractivity contribution in [3.63, 3.8) is 0 Å². The fraction of sp³-hybridized carbons (Fsp3) is 0.333. The normalized spacial score (nSPS) is 10.1. The molecule has 0 saturated carbocycles. The van der Waals surface area contributed by atoms with E-state index in [1.807, 2.05) is 0 Å². The SMILES string of the molecule is COc1nc(CC#N)c(C(F)F)cc1Br. The molecule has 0 saturated heterocycles. The number of halogens is 3. The summed E-state index contributed by atoms with van der Waals surface area (Å²) in [5.74, 6) is 0.199. The van der Waals surface area contributed by atoms with Crippen LogP contribution in [0.1, 0.15) is 17.7 Å². The molecule has 80 valence electrons. The summed E-state index contributed by atoms with van der Waals surface area (Å²) in [4.78, 5) is 3.83. The highest BCUT2D eigenvalue weighted by Crippen LogP contribution is 2.30. The summed E-state index contributed by atoms with van der Waals surface area (Å²) in [5, 5.41) is 8.47. The number of rotatable bonds is 3. The zero-order chi connectivity index (χ0) is 11.4. The second kappa shape index (κ2) is 5.03. The number of hydrogen-bond donors (Lipinski definition) is 0. The average molecular weight is 277 g/mol. The minimum Gasteiger partial charge on any atom is -0.480 e. The van der Waals surface area contributed by atoms with E-state index in [0.717, 1.165) is 0 Å². The first kappa shape index (κ1) is 11.9. The molecule has 0 fully saturated rings. The maximum Gasteiger partial charge on any atom is 0.265 e. The second-order valence-corrected chi connectivity index (χ2v) is 3.51. The second-order valence-electron chi connectivity index (χ2n) is 2.65. The molecule has 0 bridgehead atoms. The summed E-state index contributed by atoms with van der Waals surface area (Å²) in [6.07, 6.45) is -2.81. The summed E-state index contributed by atoms with van der Waals surface area (Å²) in [5.41, 5.74) is -0.197. The van der Waals surface area contributed by atoms with Gasteiger partial charge in [0.25, 0.3) is 6.43 Å². The van der Waals surface area contributed by atoms with Crippen molar-refractivity contribution in [3.8, 4) is 11.9 Å². The number of ether oxygens (including phenoxy) is 1. The van der Waals surface area contributed by atoms with E-state index in [1.54, 1.807) is 6.07 Å². The first-order chi connectivity index (χ1) is 7.10. The van der Waals surface area contributed by atoms with Gasteiger partial charge in [-0.3, -0.25) is 0 Å². The first-order valence-electron chi connectivity index (χ1n) is 3.98. The topological polar surface area (TPSA) is 45.9 Å². The fourth-order valence-electron chi connectivity index (χ4n) is 1.07. The highest BCUT2D eigenvalue weighted by atomic mass is 79.9. The predicted octanol–water partition coefficient (Wildman–Crippen LogP) is 2.86. The van der Waals surface area contributed by atoms with Gasteiger partial charge in [-0.25, -0.2) is 13.8 Å². The Bertz CT molecular complexity index is 404. The minimum atomic E-state index is -2.65. The van der Waals surface area contributed by atoms with Crippen LogP contribution in [0.4, 0.5) is 8.78 Å². The van der Waals surface area contributed by atoms with Crippen molar-refractivity contribution >= 4 is 15.9 Å². The molecule has 0 aliphatic heterocycles. The molecule has 0 radical (unpaired) electrons. The largest absolute Gasteiger partial charge is 0.480 e. The van der Waals surface area contributed by atoms with Crippen LogP contribution in [0.2, 0.25) is 0 Å². The molecule has 6 heteroatoms. The molecule has 0 unspecified atom stereocenters. The molecule has 1 rings (SSSR count). The maximum absolute atomic E-state index is 12.6. The summed E-state index contributed by atoms with van der Waals surface area (Å²) in [6.45, 7) is 0. The van der Waals surface area contributed by atoms with Gasteiger partial charge in [0.2, 0.25) is 5.88 Å². The molecule has 0 N–H and O–H groups in total. The van der Waals surface area contributed by atoms with Gasteiger partial charge < -0.3 is 4.74 Å². The Hall–Kier alpha value is -1.22. The number of alkyl halides is 2. The summed E-state index contributed by atoms with van der Waals surface area (Å²) in [7, 11) is 1.38. The standard InChI is InChI=1S/C9H7BrF2N2O/c1-15-9-6(10)4-5(8(11)12)7(14-9)2-3-13/h4,8H,2H2,1H3. The van der Waals surface area contributed by atoms with E-state index in [1.165, 1.54) is 13.2 Å². The average Bonchev–Trinajstić information content (AvgIpc) is 2.20. The Morgan fingerprint density at radius 3 is 2.80 bits per heavy atom. The maximum atomic E-state index is 12.6. The predicted molar refractivity (Wildman–Crippen MR) is 52.8 cm³/mol. The van der Waals surface area contributed by atoms with Gasteiger partial charge in [0.05, 0.1) is 29.8 Å². The number of methoxy groups -OCH3 is 1. The number of nitrogens with zero attached hydrogens (tertiary/aromatic N) is 2. The van der Waals surface area contributed by atoms with E-state index in [4.69, 9.17) is 10.00 Å². The van der Waals surface area contributed by atoms with Gasteiger partial charge in [0.15, 0.2) is 0 Å². The number of aromatic nitrogens is 1. The summed E-state index contributed by atoms with van der Waals surface area (Å²) in [6, 6.07) is 3.01. The first-order valence-corrected chi connectivity index (χ1v) is 4.77. The molecule has 0 atom stereocenters. The van der Waals surface area contributed by atoms with Crippen LogP contribution in [0.25, 0.3) is 0 Å². The van der Waals surface area contributed by atoms with E-state index >= 15 is 0 Å². The zero-order valence-corrected chi connectivity index (χ0v) is 9.38. The summed E-state index contributed by atoms with van der Waals surface area (Å²) < 4.78 is 30.3. The monoisotopic (exact) mass is 276 g/mol. The van der Waals surface area contributed by atoms with E-state index < -0.39 is 6.43 Å². The Morgan fingerprint density at radius 2 is 2.33 bits per heavy atom. The molecule has 0 amide bonds. The number of nitriles is 1. The lowest BCUT2D eigenvalue weighted by Crippen LogP contribution is -2.01. The van der Waals surface area contributed by atoms with Crippen LogP contribution in [0, 0.1) is 11.3 Å². The smallest absolute Gasteiger partial charge is 0.265 e. The molecular formula is C9H7BrF2N2O. The van der Waals surface area contributed by atoms with Gasteiger partial charge >= 0.3 is 0 Å². The minimum absolute atomic E-state index is 0.0487. The lowest BCUT2D eigenvalue weighted by Gasteiger charge is -2.09. The molecular weight excluding hydrogens is 270 g/mol. The van der Waals surface area contributed by atoms with Gasteiger partial charge in [0.1, 0.15) is 0 Å². The van der Waals surface area contributed by atoms with Crippen molar-refractivity contribution in [2.45, 2.75) is 12.8 Å². The van der Waals surface area contributed by atoms with Gasteiger partial charge in [-0.2, -0.15) is 5.26 Å². The molecule has 3 nitrogen and oxygen atoms in total. The van der Waals surface area contributed by atoms with Crippen molar-refractivity contribution in [1.82, 2.24) is 4.98 Å². The van der Waals surface area contributed by atoms with Crippen molar-refractivity contribution in [2.24, 2.45) is 0 Å². The Morgan fingerprint density at radius 1 is 1.67 bits per heavy atom. The van der Waals surface area contributed by atoms with Crippen molar-refractivity contribution in [1.29, 1.82) is 5.26 Å². The molecule has 0 aromatic carbocycles. The van der Waals surface area contributed by atoms with Crippen molar-refractivity contribution in [3.05, 3.63) is 21.8 Å². The molecule has 15 heavy (non-hydrogen) atoms. The molecule has 1 heterocycles. The van der Waals surface area contributed by atoms with E-state index in [9.17, 15) is 8.78 Å². The van der Waals surface area contributed by atoms with Crippen LogP contribution >= 0.6 is 15.9 Å². The highest BCUT2D eigenvalue weighted by molar-refractivity contribution is 9.10. The zero-order valence-electron chi connectivity index (χ0n) is 7.80. The molecule has 1 aromatic heterocycles. The Balaban J connectivity index is 3.26. The van der Waals surface area contributed by atoms with Crippen LogP contribution < -0.4 is 4.74 Å². The van der Waals surface area contributed by atoms with Crippen molar-refractivity contribution in [2.75, 3.05) is 7.11 Å². The molecule has 0 spiro atoms. The Kier molecular flexibility index (Phi) is 3.97. The number of hydrogen-bond acceptors (Lipinski definition) is 3. The van der Waals surface area contributed by atoms with Crippen LogP contribution in [0.3, 0.4) is 0 Å². The van der Waals surface area contributed by atoms with E-state index in [0.29, 0.717) is 4.47 Å². The molecule has 0 aliphatic carbocycles. The van der Waals surface area contributed by atoms with Gasteiger partial charge in [0, 0.05) is 5.56 Å². The summed E-state index contributed by atoms with van der Waals surface area (Å²) >= 11 is 3.06. The molecule has 1 aromatic rings. The lowest BCUT2D eigenvalue weighted by molar-refractivity contribution is 0.149. The lowest BCUT2D eigenvalue weighted by atomic mass is 10.1. The van der Waals surface area contributed by atoms with Gasteiger partial charge in [-0.05, 0) is 22.0 Å². The van der Waals surface area contributed by atoms with Crippen LogP contribution in [0.15, 0.2) is 10.5 Å². The van der Waals surface area contributed by atoms with Crippen LogP contribution in [-0.2, 0) is 6.42 Å². The third kappa shape index (κ3) is 2.63. The van der Waals surface area contributed by atoms with Gasteiger partial charge in [-0.15, -0.1) is 0 Å². The Labute approximate surface area is 93.8 Å². The van der Waals surface area contributed by atoms with Crippen LogP contribution in [-0.4, -0.2) is 12.1 Å². The van der Waals surface area contributed by atoms with E-state index in [2.05, 4.69) is 20.9 Å². The van der Waals surface area contributed by atoms with E-state index in [-0.39, 0.29) is 23.6 Å². The fourth-order valence-corrected chi connectivity index (χ4v) is 1.57. The third-order valence-electron chi connectivity index (χ3n) is 1.73. The third-order valence-corrected chi connectivity index (χ3v) is 2.30. The quantitative estimate of drug-likeness (QED) is 0.853. The van der Waals surface area contributed by atoms with Gasteiger partial charge in [-0.1, -0.05) is 0 Å².